The van der Waals surface area contributed by atoms with E-state index in [2.05, 4.69) is 13.8 Å². The molecule has 28 heavy (non-hydrogen) atoms. The van der Waals surface area contributed by atoms with Crippen LogP contribution in [-0.4, -0.2) is 0 Å². The summed E-state index contributed by atoms with van der Waals surface area (Å²) in [5.41, 5.74) is 2.11. The molecule has 0 radical (unpaired) electrons. The zero-order chi connectivity index (χ0) is 20.1. The number of hydrogen-bond acceptors (Lipinski definition) is 1. The summed E-state index contributed by atoms with van der Waals surface area (Å²) in [6.45, 7) is 4.37. The second kappa shape index (κ2) is 8.98. The summed E-state index contributed by atoms with van der Waals surface area (Å²) in [6.07, 6.45) is 2.74. The summed E-state index contributed by atoms with van der Waals surface area (Å²) >= 11 is 12.3. The molecule has 0 aliphatic heterocycles. The van der Waals surface area contributed by atoms with Gasteiger partial charge in [-0.2, -0.15) is 0 Å². The molecule has 4 heteroatoms. The molecule has 0 unspecified atom stereocenters. The third kappa shape index (κ3) is 5.50. The van der Waals surface area contributed by atoms with Crippen molar-refractivity contribution >= 4 is 23.2 Å². The molecule has 0 saturated heterocycles. The van der Waals surface area contributed by atoms with Gasteiger partial charge in [0, 0.05) is 10.0 Å². The molecule has 1 nitrogen and oxygen atoms in total. The Morgan fingerprint density at radius 3 is 2.25 bits per heavy atom. The highest BCUT2D eigenvalue weighted by Gasteiger charge is 2.21. The molecule has 0 bridgehead atoms. The molecule has 0 amide bonds. The lowest BCUT2D eigenvalue weighted by Gasteiger charge is -2.26. The van der Waals surface area contributed by atoms with Crippen LogP contribution in [0.1, 0.15) is 37.8 Å². The van der Waals surface area contributed by atoms with Crippen LogP contribution in [0, 0.1) is 5.82 Å². The van der Waals surface area contributed by atoms with Crippen molar-refractivity contribution < 1.29 is 9.13 Å². The second-order valence-corrected chi connectivity index (χ2v) is 8.45. The molecular weight excluding hydrogens is 394 g/mol. The molecule has 0 aliphatic carbocycles. The summed E-state index contributed by atoms with van der Waals surface area (Å²) in [4.78, 5) is 0. The van der Waals surface area contributed by atoms with E-state index >= 15 is 0 Å². The Morgan fingerprint density at radius 1 is 0.893 bits per heavy atom. The number of hydrogen-bond donors (Lipinski definition) is 0. The zero-order valence-corrected chi connectivity index (χ0v) is 17.5. The van der Waals surface area contributed by atoms with Gasteiger partial charge >= 0.3 is 0 Å². The predicted octanol–water partition coefficient (Wildman–Crippen LogP) is 8.23. The topological polar surface area (TPSA) is 9.23 Å². The van der Waals surface area contributed by atoms with Crippen LogP contribution < -0.4 is 4.74 Å². The van der Waals surface area contributed by atoms with Gasteiger partial charge in [0.1, 0.15) is 5.75 Å². The summed E-state index contributed by atoms with van der Waals surface area (Å²) in [6, 6.07) is 20.0. The average molecular weight is 417 g/mol. The lowest BCUT2D eigenvalue weighted by Crippen LogP contribution is -2.17. The van der Waals surface area contributed by atoms with Crippen molar-refractivity contribution in [1.29, 1.82) is 0 Å². The van der Waals surface area contributed by atoms with Gasteiger partial charge in [0.05, 0.1) is 0 Å². The van der Waals surface area contributed by atoms with Crippen molar-refractivity contribution in [2.45, 2.75) is 38.5 Å². The van der Waals surface area contributed by atoms with E-state index in [1.807, 2.05) is 48.5 Å². The lowest BCUT2D eigenvalue weighted by molar-refractivity contribution is 0.439. The molecule has 0 saturated carbocycles. The first-order chi connectivity index (χ1) is 13.3. The maximum atomic E-state index is 14.1. The van der Waals surface area contributed by atoms with Gasteiger partial charge in [-0.3, -0.25) is 0 Å². The van der Waals surface area contributed by atoms with Gasteiger partial charge in [-0.15, -0.1) is 0 Å². The molecule has 0 fully saturated rings. The second-order valence-electron chi connectivity index (χ2n) is 7.58. The van der Waals surface area contributed by atoms with E-state index in [9.17, 15) is 4.39 Å². The predicted molar refractivity (Wildman–Crippen MR) is 115 cm³/mol. The van der Waals surface area contributed by atoms with Crippen molar-refractivity contribution in [3.63, 3.8) is 0 Å². The van der Waals surface area contributed by atoms with Gasteiger partial charge in [-0.05, 0) is 78.3 Å². The Kier molecular flexibility index (Phi) is 6.64. The molecule has 3 rings (SSSR count). The highest BCUT2D eigenvalue weighted by Crippen LogP contribution is 2.33. The van der Waals surface area contributed by atoms with Crippen LogP contribution in [0.3, 0.4) is 0 Å². The van der Waals surface area contributed by atoms with Gasteiger partial charge in [-0.1, -0.05) is 61.3 Å². The Balaban J connectivity index is 1.65. The molecular formula is C24H23Cl2FO. The first-order valence-corrected chi connectivity index (χ1v) is 10.1. The highest BCUT2D eigenvalue weighted by atomic mass is 35.5. The van der Waals surface area contributed by atoms with Crippen LogP contribution >= 0.6 is 23.2 Å². The molecule has 0 aliphatic rings. The largest absolute Gasteiger partial charge is 0.454 e. The van der Waals surface area contributed by atoms with Crippen LogP contribution in [0.4, 0.5) is 4.39 Å². The van der Waals surface area contributed by atoms with Crippen molar-refractivity contribution in [1.82, 2.24) is 0 Å². The smallest absolute Gasteiger partial charge is 0.165 e. The standard InChI is InChI=1S/C24H23Cl2FO/c1-24(2,18-14-19(25)16-20(26)15-18)12-6-7-17-10-11-22(27)23(13-17)28-21-8-4-3-5-9-21/h3-5,8-11,13-16H,6-7,12H2,1-2H3. The van der Waals surface area contributed by atoms with E-state index in [1.54, 1.807) is 12.1 Å². The van der Waals surface area contributed by atoms with Gasteiger partial charge in [-0.25, -0.2) is 4.39 Å². The molecule has 0 N–H and O–H groups in total. The summed E-state index contributed by atoms with van der Waals surface area (Å²) in [5.74, 6) is 0.517. The maximum Gasteiger partial charge on any atom is 0.165 e. The SMILES string of the molecule is CC(C)(CCCc1ccc(F)c(Oc2ccccc2)c1)c1cc(Cl)cc(Cl)c1. The number of para-hydroxylation sites is 1. The summed E-state index contributed by atoms with van der Waals surface area (Å²) < 4.78 is 19.8. The molecule has 3 aromatic rings. The fraction of sp³-hybridized carbons (Fsp3) is 0.250. The summed E-state index contributed by atoms with van der Waals surface area (Å²) in [5, 5.41) is 1.30. The van der Waals surface area contributed by atoms with E-state index in [1.165, 1.54) is 6.07 Å². The van der Waals surface area contributed by atoms with Crippen molar-refractivity contribution in [2.24, 2.45) is 0 Å². The van der Waals surface area contributed by atoms with Gasteiger partial charge in [0.2, 0.25) is 0 Å². The Hall–Kier alpha value is -2.03. The van der Waals surface area contributed by atoms with E-state index in [0.29, 0.717) is 15.8 Å². The van der Waals surface area contributed by atoms with Crippen LogP contribution in [-0.2, 0) is 11.8 Å². The van der Waals surface area contributed by atoms with Crippen LogP contribution in [0.25, 0.3) is 0 Å². The quantitative estimate of drug-likeness (QED) is 0.376. The molecule has 0 spiro atoms. The van der Waals surface area contributed by atoms with Gasteiger partial charge < -0.3 is 4.74 Å². The fourth-order valence-corrected chi connectivity index (χ4v) is 3.75. The van der Waals surface area contributed by atoms with Crippen molar-refractivity contribution in [2.75, 3.05) is 0 Å². The molecule has 0 aromatic heterocycles. The molecule has 3 aromatic carbocycles. The normalized spacial score (nSPS) is 11.5. The van der Waals surface area contributed by atoms with Crippen molar-refractivity contribution in [3.8, 4) is 11.5 Å². The van der Waals surface area contributed by atoms with Gasteiger partial charge in [0.15, 0.2) is 11.6 Å². The van der Waals surface area contributed by atoms with E-state index in [4.69, 9.17) is 27.9 Å². The number of aryl methyl sites for hydroxylation is 1. The van der Waals surface area contributed by atoms with E-state index < -0.39 is 0 Å². The number of ether oxygens (including phenoxy) is 1. The van der Waals surface area contributed by atoms with Crippen molar-refractivity contribution in [3.05, 3.63) is 93.7 Å². The minimum atomic E-state index is -0.360. The van der Waals surface area contributed by atoms with Crippen LogP contribution in [0.2, 0.25) is 10.0 Å². The molecule has 0 atom stereocenters. The molecule has 146 valence electrons. The third-order valence-electron chi connectivity index (χ3n) is 4.88. The molecule has 0 heterocycles. The van der Waals surface area contributed by atoms with Crippen LogP contribution in [0.5, 0.6) is 11.5 Å². The Labute approximate surface area is 176 Å². The van der Waals surface area contributed by atoms with E-state index in [0.717, 1.165) is 30.4 Å². The monoisotopic (exact) mass is 416 g/mol. The first-order valence-electron chi connectivity index (χ1n) is 9.31. The number of rotatable bonds is 7. The highest BCUT2D eigenvalue weighted by molar-refractivity contribution is 6.34. The van der Waals surface area contributed by atoms with Gasteiger partial charge in [0.25, 0.3) is 0 Å². The minimum Gasteiger partial charge on any atom is -0.454 e. The fourth-order valence-electron chi connectivity index (χ4n) is 3.22. The van der Waals surface area contributed by atoms with E-state index in [-0.39, 0.29) is 17.0 Å². The minimum absolute atomic E-state index is 0.0576. The Bertz CT molecular complexity index is 918. The van der Waals surface area contributed by atoms with Crippen LogP contribution in [0.15, 0.2) is 66.7 Å². The third-order valence-corrected chi connectivity index (χ3v) is 5.31. The maximum absolute atomic E-state index is 14.1. The Morgan fingerprint density at radius 2 is 1.57 bits per heavy atom. The summed E-state index contributed by atoms with van der Waals surface area (Å²) in [7, 11) is 0. The lowest BCUT2D eigenvalue weighted by atomic mass is 9.80. The average Bonchev–Trinajstić information content (AvgIpc) is 2.64. The first kappa shape index (κ1) is 20.7. The number of benzene rings is 3. The zero-order valence-electron chi connectivity index (χ0n) is 16.0. The number of halogens is 3.